The van der Waals surface area contributed by atoms with Gasteiger partial charge in [-0.1, -0.05) is 42.5 Å². The third-order valence-corrected chi connectivity index (χ3v) is 8.04. The molecule has 2 aliphatic carbocycles. The molecule has 0 saturated carbocycles. The highest BCUT2D eigenvalue weighted by Gasteiger charge is 2.30. The van der Waals surface area contributed by atoms with Crippen molar-refractivity contribution in [2.24, 2.45) is 0 Å². The van der Waals surface area contributed by atoms with Crippen molar-refractivity contribution in [3.63, 3.8) is 0 Å². The van der Waals surface area contributed by atoms with Crippen LogP contribution in [0.1, 0.15) is 22.3 Å². The molecule has 35 heavy (non-hydrogen) atoms. The highest BCUT2D eigenvalue weighted by Crippen LogP contribution is 2.49. The highest BCUT2D eigenvalue weighted by atomic mass is 15.0. The summed E-state index contributed by atoms with van der Waals surface area (Å²) in [6.07, 6.45) is 9.61. The van der Waals surface area contributed by atoms with Crippen molar-refractivity contribution >= 4 is 38.4 Å². The van der Waals surface area contributed by atoms with Gasteiger partial charge in [-0.2, -0.15) is 0 Å². The minimum Gasteiger partial charge on any atom is -0.289 e. The van der Waals surface area contributed by atoms with E-state index < -0.39 is 0 Å². The third-order valence-electron chi connectivity index (χ3n) is 8.04. The monoisotopic (exact) mass is 446 g/mol. The Morgan fingerprint density at radius 3 is 2.40 bits per heavy atom. The average Bonchev–Trinajstić information content (AvgIpc) is 3.59. The zero-order chi connectivity index (χ0) is 22.7. The zero-order valence-corrected chi connectivity index (χ0v) is 18.8. The smallest absolute Gasteiger partial charge is 0.146 e. The van der Waals surface area contributed by atoms with Crippen molar-refractivity contribution in [1.82, 2.24) is 19.4 Å². The van der Waals surface area contributed by atoms with E-state index in [0.29, 0.717) is 0 Å². The number of hydrogen-bond acceptors (Lipinski definition) is 3. The molecule has 4 aromatic heterocycles. The van der Waals surface area contributed by atoms with Crippen LogP contribution in [0.2, 0.25) is 0 Å². The van der Waals surface area contributed by atoms with Gasteiger partial charge >= 0.3 is 0 Å². The Bertz CT molecular complexity index is 2070. The molecule has 7 aromatic rings. The number of nitrogens with zero attached hydrogens (tertiary/aromatic N) is 4. The summed E-state index contributed by atoms with van der Waals surface area (Å²) >= 11 is 0. The molecule has 0 amide bonds. The third kappa shape index (κ3) is 2.11. The van der Waals surface area contributed by atoms with E-state index in [1.807, 2.05) is 24.8 Å². The summed E-state index contributed by atoms with van der Waals surface area (Å²) in [5.41, 5.74) is 15.5. The molecule has 0 radical (unpaired) electrons. The molecule has 0 spiro atoms. The van der Waals surface area contributed by atoms with Gasteiger partial charge in [-0.15, -0.1) is 0 Å². The Hall–Kier alpha value is -4.57. The predicted octanol–water partition coefficient (Wildman–Crippen LogP) is 6.73. The van der Waals surface area contributed by atoms with E-state index in [2.05, 4.69) is 75.0 Å². The van der Waals surface area contributed by atoms with Gasteiger partial charge in [0.15, 0.2) is 0 Å². The first kappa shape index (κ1) is 17.8. The van der Waals surface area contributed by atoms with Gasteiger partial charge in [-0.05, 0) is 70.0 Å². The van der Waals surface area contributed by atoms with Crippen molar-refractivity contribution in [3.8, 4) is 22.3 Å². The van der Waals surface area contributed by atoms with Gasteiger partial charge in [0.1, 0.15) is 5.65 Å². The van der Waals surface area contributed by atoms with E-state index in [0.717, 1.165) is 45.7 Å². The van der Waals surface area contributed by atoms with Crippen LogP contribution in [-0.4, -0.2) is 19.4 Å². The molecule has 9 rings (SSSR count). The van der Waals surface area contributed by atoms with E-state index in [4.69, 9.17) is 4.98 Å². The summed E-state index contributed by atoms with van der Waals surface area (Å²) in [6, 6.07) is 22.1. The van der Waals surface area contributed by atoms with Crippen molar-refractivity contribution in [2.45, 2.75) is 12.8 Å². The first-order valence-corrected chi connectivity index (χ1v) is 12.0. The van der Waals surface area contributed by atoms with E-state index in [1.165, 1.54) is 50.0 Å². The van der Waals surface area contributed by atoms with E-state index in [-0.39, 0.29) is 0 Å². The van der Waals surface area contributed by atoms with Crippen molar-refractivity contribution in [1.29, 1.82) is 0 Å². The maximum Gasteiger partial charge on any atom is 0.146 e. The van der Waals surface area contributed by atoms with Gasteiger partial charge in [0.2, 0.25) is 0 Å². The van der Waals surface area contributed by atoms with Gasteiger partial charge in [0.05, 0.1) is 22.7 Å². The summed E-state index contributed by atoms with van der Waals surface area (Å²) in [5.74, 6) is 0. The maximum atomic E-state index is 5.16. The predicted molar refractivity (Wildman–Crippen MR) is 140 cm³/mol. The minimum atomic E-state index is 0.966. The lowest BCUT2D eigenvalue weighted by molar-refractivity contribution is 1.16. The van der Waals surface area contributed by atoms with E-state index in [9.17, 15) is 0 Å². The second-order valence-electron chi connectivity index (χ2n) is 9.68. The van der Waals surface area contributed by atoms with Crippen LogP contribution >= 0.6 is 0 Å². The lowest BCUT2D eigenvalue weighted by atomic mass is 9.96. The quantitative estimate of drug-likeness (QED) is 0.243. The van der Waals surface area contributed by atoms with Crippen LogP contribution in [0.5, 0.6) is 0 Å². The van der Waals surface area contributed by atoms with Crippen LogP contribution in [0.3, 0.4) is 0 Å². The molecule has 0 N–H and O–H groups in total. The molecule has 4 nitrogen and oxygen atoms in total. The van der Waals surface area contributed by atoms with Gasteiger partial charge < -0.3 is 0 Å². The fourth-order valence-corrected chi connectivity index (χ4v) is 6.57. The van der Waals surface area contributed by atoms with E-state index >= 15 is 0 Å². The van der Waals surface area contributed by atoms with Crippen LogP contribution in [0.4, 0.5) is 0 Å². The number of hydrogen-bond donors (Lipinski definition) is 0. The summed E-state index contributed by atoms with van der Waals surface area (Å²) in [7, 11) is 0. The molecule has 0 bridgehead atoms. The summed E-state index contributed by atoms with van der Waals surface area (Å²) in [5, 5.41) is 3.38. The molecule has 0 saturated heterocycles. The van der Waals surface area contributed by atoms with Crippen LogP contribution in [-0.2, 0) is 12.8 Å². The lowest BCUT2D eigenvalue weighted by Crippen LogP contribution is -1.94. The van der Waals surface area contributed by atoms with E-state index in [1.54, 1.807) is 0 Å². The minimum absolute atomic E-state index is 0.966. The Kier molecular flexibility index (Phi) is 3.11. The normalized spacial score (nSPS) is 13.5. The zero-order valence-electron chi connectivity index (χ0n) is 18.8. The molecule has 3 aromatic carbocycles. The molecular formula is C31H18N4. The van der Waals surface area contributed by atoms with Crippen LogP contribution in [0.25, 0.3) is 60.6 Å². The summed E-state index contributed by atoms with van der Waals surface area (Å²) < 4.78 is 2.33. The molecule has 4 heterocycles. The molecule has 0 unspecified atom stereocenters. The van der Waals surface area contributed by atoms with Gasteiger partial charge in [0.25, 0.3) is 0 Å². The second-order valence-corrected chi connectivity index (χ2v) is 9.68. The van der Waals surface area contributed by atoms with Gasteiger partial charge in [-0.25, -0.2) is 4.98 Å². The first-order valence-electron chi connectivity index (χ1n) is 12.0. The molecule has 0 fully saturated rings. The number of imidazole rings is 1. The van der Waals surface area contributed by atoms with Gasteiger partial charge in [0, 0.05) is 40.3 Å². The largest absolute Gasteiger partial charge is 0.289 e. The Balaban J connectivity index is 1.44. The van der Waals surface area contributed by atoms with Crippen LogP contribution < -0.4 is 0 Å². The number of benzene rings is 3. The second kappa shape index (κ2) is 6.10. The molecule has 2 aliphatic rings. The topological polar surface area (TPSA) is 43.1 Å². The number of pyridine rings is 3. The van der Waals surface area contributed by atoms with Crippen LogP contribution in [0.15, 0.2) is 85.5 Å². The first-order chi connectivity index (χ1) is 17.4. The highest BCUT2D eigenvalue weighted by molar-refractivity contribution is 6.15. The fourth-order valence-electron chi connectivity index (χ4n) is 6.57. The number of fused-ring (bicyclic) bond motifs is 16. The molecule has 162 valence electrons. The standard InChI is InChI=1S/C31H18N4/c1-2-4-19-17(3-1)13-24-20(19)6-7-22-25(24)14-18-5-8-27-30(29(18)22)35-28-16-33-11-9-21(28)26-15-32-12-10-23(26)31(35)34-27/h1-12,15-16H,13-14H2. The van der Waals surface area contributed by atoms with Crippen molar-refractivity contribution in [2.75, 3.05) is 0 Å². The summed E-state index contributed by atoms with van der Waals surface area (Å²) in [4.78, 5) is 14.1. The maximum absolute atomic E-state index is 5.16. The van der Waals surface area contributed by atoms with Crippen molar-refractivity contribution < 1.29 is 0 Å². The molecule has 0 atom stereocenters. The SMILES string of the molecule is c1ccc2c(c1)Cc1c-2ccc2c1Cc1ccc3nc4c5ccncc5c5ccncc5n4c3c1-2. The number of rotatable bonds is 0. The Labute approximate surface area is 200 Å². The number of aromatic nitrogens is 4. The van der Waals surface area contributed by atoms with Crippen molar-refractivity contribution in [3.05, 3.63) is 108 Å². The Morgan fingerprint density at radius 1 is 0.629 bits per heavy atom. The summed E-state index contributed by atoms with van der Waals surface area (Å²) in [6.45, 7) is 0. The lowest BCUT2D eigenvalue weighted by Gasteiger charge is -2.11. The molecular weight excluding hydrogens is 428 g/mol. The molecule has 4 heteroatoms. The van der Waals surface area contributed by atoms with Gasteiger partial charge in [-0.3, -0.25) is 14.4 Å². The molecule has 0 aliphatic heterocycles. The van der Waals surface area contributed by atoms with Crippen LogP contribution in [0, 0.1) is 0 Å². The fraction of sp³-hybridized carbons (Fsp3) is 0.0645. The Morgan fingerprint density at radius 2 is 1.43 bits per heavy atom. The average molecular weight is 447 g/mol.